The third-order valence-electron chi connectivity index (χ3n) is 2.64. The van der Waals surface area contributed by atoms with Crippen LogP contribution in [0.25, 0.3) is 6.08 Å². The Labute approximate surface area is 120 Å². The molecule has 100 valence electrons. The van der Waals surface area contributed by atoms with Crippen LogP contribution >= 0.6 is 23.5 Å². The van der Waals surface area contributed by atoms with Gasteiger partial charge in [-0.3, -0.25) is 14.5 Å². The lowest BCUT2D eigenvalue weighted by molar-refractivity contribution is -0.122. The van der Waals surface area contributed by atoms with Gasteiger partial charge in [-0.25, -0.2) is 0 Å². The summed E-state index contributed by atoms with van der Waals surface area (Å²) in [5.41, 5.74) is 6.30. The van der Waals surface area contributed by atoms with Crippen LogP contribution in [0.15, 0.2) is 34.1 Å². The standard InChI is InChI=1S/C13H14N2O2S2/c1-18-10-4-2-9(3-5-10)8-11-12(16)15(7-6-14)13(17)19-11/h2-5,8H,6-7,14H2,1H3/b11-8+. The molecule has 0 spiro atoms. The Kier molecular flexibility index (Phi) is 4.68. The predicted molar refractivity (Wildman–Crippen MR) is 80.0 cm³/mol. The van der Waals surface area contributed by atoms with Gasteiger partial charge >= 0.3 is 0 Å². The maximum absolute atomic E-state index is 12.0. The molecule has 2 rings (SSSR count). The first-order valence-electron chi connectivity index (χ1n) is 5.75. The number of carbonyl (C=O) groups excluding carboxylic acids is 2. The minimum absolute atomic E-state index is 0.248. The molecule has 2 N–H and O–H groups in total. The number of nitrogens with zero attached hydrogens (tertiary/aromatic N) is 1. The number of rotatable bonds is 4. The molecule has 0 unspecified atom stereocenters. The van der Waals surface area contributed by atoms with Crippen molar-refractivity contribution in [1.82, 2.24) is 4.90 Å². The Bertz CT molecular complexity index is 526. The van der Waals surface area contributed by atoms with Crippen molar-refractivity contribution in [2.75, 3.05) is 19.3 Å². The summed E-state index contributed by atoms with van der Waals surface area (Å²) in [5.74, 6) is -0.255. The zero-order chi connectivity index (χ0) is 13.8. The smallest absolute Gasteiger partial charge is 0.293 e. The van der Waals surface area contributed by atoms with E-state index in [0.29, 0.717) is 4.91 Å². The van der Waals surface area contributed by atoms with Crippen molar-refractivity contribution < 1.29 is 9.59 Å². The normalized spacial score (nSPS) is 17.6. The summed E-state index contributed by atoms with van der Waals surface area (Å²) < 4.78 is 0. The Morgan fingerprint density at radius 3 is 2.58 bits per heavy atom. The van der Waals surface area contributed by atoms with Gasteiger partial charge in [-0.05, 0) is 41.8 Å². The Morgan fingerprint density at radius 1 is 1.32 bits per heavy atom. The van der Waals surface area contributed by atoms with E-state index < -0.39 is 0 Å². The van der Waals surface area contributed by atoms with Gasteiger partial charge in [-0.2, -0.15) is 0 Å². The Morgan fingerprint density at radius 2 is 2.00 bits per heavy atom. The van der Waals surface area contributed by atoms with Gasteiger partial charge in [0.2, 0.25) is 0 Å². The van der Waals surface area contributed by atoms with Crippen LogP contribution in [0, 0.1) is 0 Å². The second-order valence-corrected chi connectivity index (χ2v) is 5.77. The number of hydrogen-bond acceptors (Lipinski definition) is 5. The van der Waals surface area contributed by atoms with E-state index in [1.165, 1.54) is 4.90 Å². The maximum Gasteiger partial charge on any atom is 0.293 e. The molecular weight excluding hydrogens is 280 g/mol. The summed E-state index contributed by atoms with van der Waals surface area (Å²) in [4.78, 5) is 26.4. The summed E-state index contributed by atoms with van der Waals surface area (Å²) >= 11 is 2.62. The molecule has 1 aromatic carbocycles. The molecule has 1 fully saturated rings. The lowest BCUT2D eigenvalue weighted by atomic mass is 10.2. The first-order valence-corrected chi connectivity index (χ1v) is 7.79. The fourth-order valence-electron chi connectivity index (χ4n) is 1.67. The molecule has 0 atom stereocenters. The summed E-state index contributed by atoms with van der Waals surface area (Å²) in [5, 5.41) is -0.248. The lowest BCUT2D eigenvalue weighted by Gasteiger charge is -2.09. The average molecular weight is 294 g/mol. The van der Waals surface area contributed by atoms with Gasteiger partial charge < -0.3 is 5.73 Å². The molecule has 1 saturated heterocycles. The first-order chi connectivity index (χ1) is 9.15. The predicted octanol–water partition coefficient (Wildman–Crippen LogP) is 2.40. The molecular formula is C13H14N2O2S2. The van der Waals surface area contributed by atoms with E-state index in [4.69, 9.17) is 5.73 Å². The average Bonchev–Trinajstić information content (AvgIpc) is 2.68. The number of imide groups is 1. The van der Waals surface area contributed by atoms with Crippen LogP contribution in [0.4, 0.5) is 4.79 Å². The number of nitrogens with two attached hydrogens (primary N) is 1. The quantitative estimate of drug-likeness (QED) is 0.682. The lowest BCUT2D eigenvalue weighted by Crippen LogP contribution is -2.33. The zero-order valence-electron chi connectivity index (χ0n) is 10.5. The summed E-state index contributed by atoms with van der Waals surface area (Å²) in [7, 11) is 0. The third kappa shape index (κ3) is 3.20. The van der Waals surface area contributed by atoms with Crippen LogP contribution < -0.4 is 5.73 Å². The highest BCUT2D eigenvalue weighted by Crippen LogP contribution is 2.32. The second-order valence-electron chi connectivity index (χ2n) is 3.90. The van der Waals surface area contributed by atoms with Gasteiger partial charge in [0.1, 0.15) is 0 Å². The number of hydrogen-bond donors (Lipinski definition) is 1. The van der Waals surface area contributed by atoms with Crippen molar-refractivity contribution in [3.8, 4) is 0 Å². The minimum Gasteiger partial charge on any atom is -0.329 e. The molecule has 0 bridgehead atoms. The summed E-state index contributed by atoms with van der Waals surface area (Å²) in [6.07, 6.45) is 3.75. The van der Waals surface area contributed by atoms with Crippen molar-refractivity contribution in [2.45, 2.75) is 4.90 Å². The van der Waals surface area contributed by atoms with Crippen LogP contribution in [0.5, 0.6) is 0 Å². The van der Waals surface area contributed by atoms with Gasteiger partial charge in [0.25, 0.3) is 11.1 Å². The van der Waals surface area contributed by atoms with E-state index in [1.807, 2.05) is 30.5 Å². The van der Waals surface area contributed by atoms with Gasteiger partial charge in [-0.15, -0.1) is 11.8 Å². The summed E-state index contributed by atoms with van der Waals surface area (Å²) in [6, 6.07) is 7.84. The number of carbonyl (C=O) groups is 2. The van der Waals surface area contributed by atoms with Gasteiger partial charge in [-0.1, -0.05) is 12.1 Å². The van der Waals surface area contributed by atoms with E-state index in [9.17, 15) is 9.59 Å². The van der Waals surface area contributed by atoms with Crippen LogP contribution in [0.1, 0.15) is 5.56 Å². The van der Waals surface area contributed by atoms with E-state index in [0.717, 1.165) is 22.2 Å². The molecule has 0 saturated carbocycles. The summed E-state index contributed by atoms with van der Waals surface area (Å²) in [6.45, 7) is 0.557. The van der Waals surface area contributed by atoms with Crippen LogP contribution in [0.3, 0.4) is 0 Å². The Balaban J connectivity index is 2.19. The molecule has 2 amide bonds. The number of amides is 2. The van der Waals surface area contributed by atoms with Crippen molar-refractivity contribution >= 4 is 40.7 Å². The highest BCUT2D eigenvalue weighted by Gasteiger charge is 2.34. The van der Waals surface area contributed by atoms with Crippen LogP contribution in [-0.2, 0) is 4.79 Å². The molecule has 19 heavy (non-hydrogen) atoms. The van der Waals surface area contributed by atoms with E-state index in [2.05, 4.69) is 0 Å². The Hall–Kier alpha value is -1.24. The van der Waals surface area contributed by atoms with Crippen LogP contribution in [0.2, 0.25) is 0 Å². The van der Waals surface area contributed by atoms with Gasteiger partial charge in [0.15, 0.2) is 0 Å². The molecule has 4 nitrogen and oxygen atoms in total. The topological polar surface area (TPSA) is 63.4 Å². The van der Waals surface area contributed by atoms with Crippen molar-refractivity contribution in [2.24, 2.45) is 5.73 Å². The molecule has 1 aliphatic rings. The van der Waals surface area contributed by atoms with E-state index in [-0.39, 0.29) is 24.2 Å². The molecule has 0 aromatic heterocycles. The molecule has 1 aliphatic heterocycles. The van der Waals surface area contributed by atoms with Crippen LogP contribution in [-0.4, -0.2) is 35.4 Å². The largest absolute Gasteiger partial charge is 0.329 e. The van der Waals surface area contributed by atoms with Gasteiger partial charge in [0.05, 0.1) is 4.91 Å². The highest BCUT2D eigenvalue weighted by atomic mass is 32.2. The highest BCUT2D eigenvalue weighted by molar-refractivity contribution is 8.18. The molecule has 1 heterocycles. The SMILES string of the molecule is CSc1ccc(/C=C2/SC(=O)N(CCN)C2=O)cc1. The zero-order valence-corrected chi connectivity index (χ0v) is 12.1. The van der Waals surface area contributed by atoms with E-state index in [1.54, 1.807) is 17.8 Å². The monoisotopic (exact) mass is 294 g/mol. The molecule has 6 heteroatoms. The van der Waals surface area contributed by atoms with Gasteiger partial charge in [0, 0.05) is 18.0 Å². The first kappa shape index (κ1) is 14.2. The second kappa shape index (κ2) is 6.27. The number of thioether (sulfide) groups is 2. The minimum atomic E-state index is -0.255. The number of benzene rings is 1. The third-order valence-corrected chi connectivity index (χ3v) is 4.29. The fourth-order valence-corrected chi connectivity index (χ4v) is 2.95. The van der Waals surface area contributed by atoms with Crippen molar-refractivity contribution in [1.29, 1.82) is 0 Å². The van der Waals surface area contributed by atoms with E-state index >= 15 is 0 Å². The maximum atomic E-state index is 12.0. The fraction of sp³-hybridized carbons (Fsp3) is 0.231. The molecule has 0 aliphatic carbocycles. The molecule has 0 radical (unpaired) electrons. The van der Waals surface area contributed by atoms with Crippen molar-refractivity contribution in [3.63, 3.8) is 0 Å². The molecule has 1 aromatic rings. The van der Waals surface area contributed by atoms with Crippen molar-refractivity contribution in [3.05, 3.63) is 34.7 Å².